The number of carbonyl (C=O) groups is 2. The molecule has 0 N–H and O–H groups in total. The van der Waals surface area contributed by atoms with E-state index in [1.54, 1.807) is 13.8 Å². The lowest BCUT2D eigenvalue weighted by molar-refractivity contribution is -0.139. The van der Waals surface area contributed by atoms with Crippen molar-refractivity contribution in [3.8, 4) is 0 Å². The Morgan fingerprint density at radius 1 is 1.24 bits per heavy atom. The molecule has 1 fully saturated rings. The number of aromatic nitrogens is 3. The molecule has 1 unspecified atom stereocenters. The largest absolute Gasteiger partial charge is 0.282 e. The summed E-state index contributed by atoms with van der Waals surface area (Å²) in [6.07, 6.45) is 2.05. The number of likely N-dealkylation sites (tertiary alicyclic amines) is 1. The topological polar surface area (TPSA) is 76.1 Å². The first kappa shape index (κ1) is 17.5. The lowest BCUT2D eigenvalue weighted by Crippen LogP contribution is -2.30. The molecule has 1 aromatic heterocycles. The standard InChI is InChI=1S/C8H13NO2.C6H8ClN3/c1-3-4-9-7(10)5-6(2)8(9)11;1-3-5-8-4(2)9-6(7)10-5/h6H,3-5H2,1-2H3;3H2,1-2H3. The second kappa shape index (κ2) is 8.02. The Kier molecular flexibility index (Phi) is 6.68. The summed E-state index contributed by atoms with van der Waals surface area (Å²) >= 11 is 5.57. The minimum Gasteiger partial charge on any atom is -0.282 e. The molecule has 7 heteroatoms. The number of hydrogen-bond donors (Lipinski definition) is 0. The van der Waals surface area contributed by atoms with Gasteiger partial charge in [-0.3, -0.25) is 14.5 Å². The van der Waals surface area contributed by atoms with Crippen molar-refractivity contribution in [1.82, 2.24) is 19.9 Å². The predicted molar refractivity (Wildman–Crippen MR) is 79.7 cm³/mol. The van der Waals surface area contributed by atoms with Crippen LogP contribution in [-0.2, 0) is 16.0 Å². The van der Waals surface area contributed by atoms with Gasteiger partial charge in [0, 0.05) is 25.3 Å². The first-order chi connectivity index (χ1) is 9.88. The van der Waals surface area contributed by atoms with E-state index in [1.807, 2.05) is 13.8 Å². The van der Waals surface area contributed by atoms with Crippen molar-refractivity contribution in [3.63, 3.8) is 0 Å². The van der Waals surface area contributed by atoms with Crippen molar-refractivity contribution in [1.29, 1.82) is 0 Å². The third kappa shape index (κ3) is 5.04. The quantitative estimate of drug-likeness (QED) is 0.800. The van der Waals surface area contributed by atoms with E-state index < -0.39 is 0 Å². The SMILES string of the molecule is CCCN1C(=O)CC(C)C1=O.CCc1nc(C)nc(Cl)n1. The van der Waals surface area contributed by atoms with E-state index in [0.29, 0.717) is 18.8 Å². The Labute approximate surface area is 129 Å². The molecule has 116 valence electrons. The van der Waals surface area contributed by atoms with E-state index in [9.17, 15) is 9.59 Å². The number of imide groups is 1. The maximum atomic E-state index is 11.2. The molecule has 0 aliphatic carbocycles. The minimum absolute atomic E-state index is 0.00292. The van der Waals surface area contributed by atoms with Crippen LogP contribution >= 0.6 is 11.6 Å². The van der Waals surface area contributed by atoms with Gasteiger partial charge < -0.3 is 0 Å². The van der Waals surface area contributed by atoms with Crippen LogP contribution in [0.4, 0.5) is 0 Å². The maximum absolute atomic E-state index is 11.2. The third-order valence-electron chi connectivity index (χ3n) is 3.00. The van der Waals surface area contributed by atoms with Gasteiger partial charge in [-0.15, -0.1) is 0 Å². The van der Waals surface area contributed by atoms with Crippen molar-refractivity contribution in [3.05, 3.63) is 16.9 Å². The third-order valence-corrected chi connectivity index (χ3v) is 3.17. The number of hydrogen-bond acceptors (Lipinski definition) is 5. The van der Waals surface area contributed by atoms with E-state index in [-0.39, 0.29) is 23.0 Å². The molecule has 1 atom stereocenters. The highest BCUT2D eigenvalue weighted by Gasteiger charge is 2.34. The number of carbonyl (C=O) groups excluding carboxylic acids is 2. The van der Waals surface area contributed by atoms with Gasteiger partial charge in [-0.2, -0.15) is 0 Å². The van der Waals surface area contributed by atoms with Crippen LogP contribution in [0.2, 0.25) is 5.28 Å². The van der Waals surface area contributed by atoms with Gasteiger partial charge in [0.25, 0.3) is 0 Å². The smallest absolute Gasteiger partial charge is 0.232 e. The first-order valence-corrected chi connectivity index (χ1v) is 7.48. The average molecular weight is 313 g/mol. The van der Waals surface area contributed by atoms with Gasteiger partial charge in [-0.1, -0.05) is 20.8 Å². The molecular weight excluding hydrogens is 292 g/mol. The minimum atomic E-state index is -0.0888. The van der Waals surface area contributed by atoms with Gasteiger partial charge in [-0.05, 0) is 24.9 Å². The number of halogens is 1. The van der Waals surface area contributed by atoms with E-state index in [1.165, 1.54) is 4.90 Å². The molecule has 0 aromatic carbocycles. The van der Waals surface area contributed by atoms with Crippen LogP contribution in [0, 0.1) is 12.8 Å². The fraction of sp³-hybridized carbons (Fsp3) is 0.643. The summed E-state index contributed by atoms with van der Waals surface area (Å²) in [6, 6.07) is 0. The second-order valence-electron chi connectivity index (χ2n) is 4.91. The van der Waals surface area contributed by atoms with E-state index in [4.69, 9.17) is 11.6 Å². The Balaban J connectivity index is 0.000000211. The number of rotatable bonds is 3. The number of amides is 2. The predicted octanol–water partition coefficient (Wildman–Crippen LogP) is 2.19. The van der Waals surface area contributed by atoms with Gasteiger partial charge in [-0.25, -0.2) is 15.0 Å². The van der Waals surface area contributed by atoms with Gasteiger partial charge >= 0.3 is 0 Å². The number of nitrogens with zero attached hydrogens (tertiary/aromatic N) is 4. The summed E-state index contributed by atoms with van der Waals surface area (Å²) in [5.41, 5.74) is 0. The summed E-state index contributed by atoms with van der Waals surface area (Å²) in [5, 5.41) is 0.282. The monoisotopic (exact) mass is 312 g/mol. The van der Waals surface area contributed by atoms with Gasteiger partial charge in [0.2, 0.25) is 17.1 Å². The van der Waals surface area contributed by atoms with Crippen LogP contribution in [0.5, 0.6) is 0 Å². The van der Waals surface area contributed by atoms with Crippen molar-refractivity contribution in [2.75, 3.05) is 6.54 Å². The molecule has 1 aliphatic heterocycles. The maximum Gasteiger partial charge on any atom is 0.232 e. The molecule has 6 nitrogen and oxygen atoms in total. The fourth-order valence-electron chi connectivity index (χ4n) is 1.97. The fourth-order valence-corrected chi connectivity index (χ4v) is 2.19. The highest BCUT2D eigenvalue weighted by atomic mass is 35.5. The van der Waals surface area contributed by atoms with E-state index in [2.05, 4.69) is 15.0 Å². The molecule has 0 spiro atoms. The van der Waals surface area contributed by atoms with Gasteiger partial charge in [0.1, 0.15) is 11.6 Å². The van der Waals surface area contributed by atoms with Gasteiger partial charge in [0.05, 0.1) is 0 Å². The van der Waals surface area contributed by atoms with Crippen LogP contribution < -0.4 is 0 Å². The van der Waals surface area contributed by atoms with E-state index in [0.717, 1.165) is 18.7 Å². The van der Waals surface area contributed by atoms with Gasteiger partial charge in [0.15, 0.2) is 0 Å². The summed E-state index contributed by atoms with van der Waals surface area (Å²) in [6.45, 7) is 8.12. The normalized spacial score (nSPS) is 17.8. The first-order valence-electron chi connectivity index (χ1n) is 7.10. The Morgan fingerprint density at radius 2 is 1.90 bits per heavy atom. The van der Waals surface area contributed by atoms with Crippen LogP contribution in [0.1, 0.15) is 45.3 Å². The lowest BCUT2D eigenvalue weighted by atomic mass is 10.1. The van der Waals surface area contributed by atoms with Crippen LogP contribution in [0.3, 0.4) is 0 Å². The Morgan fingerprint density at radius 3 is 2.33 bits per heavy atom. The molecule has 0 saturated carbocycles. The van der Waals surface area contributed by atoms with Crippen molar-refractivity contribution < 1.29 is 9.59 Å². The Hall–Kier alpha value is -1.56. The van der Waals surface area contributed by atoms with Crippen LogP contribution in [0.25, 0.3) is 0 Å². The zero-order valence-corrected chi connectivity index (χ0v) is 13.6. The molecule has 2 heterocycles. The zero-order valence-electron chi connectivity index (χ0n) is 12.9. The highest BCUT2D eigenvalue weighted by molar-refractivity contribution is 6.28. The van der Waals surface area contributed by atoms with Crippen molar-refractivity contribution >= 4 is 23.4 Å². The molecule has 1 aromatic rings. The van der Waals surface area contributed by atoms with Crippen molar-refractivity contribution in [2.24, 2.45) is 5.92 Å². The molecule has 0 bridgehead atoms. The molecular formula is C14H21ClN4O2. The summed E-state index contributed by atoms with van der Waals surface area (Å²) < 4.78 is 0. The Bertz CT molecular complexity index is 501. The number of aryl methyl sites for hydroxylation is 2. The average Bonchev–Trinajstić information content (AvgIpc) is 2.65. The molecule has 0 radical (unpaired) electrons. The summed E-state index contributed by atoms with van der Waals surface area (Å²) in [4.78, 5) is 35.4. The zero-order chi connectivity index (χ0) is 16.0. The lowest BCUT2D eigenvalue weighted by Gasteiger charge is -2.11. The molecule has 2 rings (SSSR count). The van der Waals surface area contributed by atoms with Crippen LogP contribution in [0.15, 0.2) is 0 Å². The summed E-state index contributed by atoms with van der Waals surface area (Å²) in [5.74, 6) is 1.32. The second-order valence-corrected chi connectivity index (χ2v) is 5.25. The summed E-state index contributed by atoms with van der Waals surface area (Å²) in [7, 11) is 0. The molecule has 21 heavy (non-hydrogen) atoms. The van der Waals surface area contributed by atoms with Crippen LogP contribution in [-0.4, -0.2) is 38.2 Å². The molecule has 1 aliphatic rings. The van der Waals surface area contributed by atoms with Crippen molar-refractivity contribution in [2.45, 2.75) is 47.0 Å². The highest BCUT2D eigenvalue weighted by Crippen LogP contribution is 2.18. The molecule has 2 amide bonds. The van der Waals surface area contributed by atoms with E-state index >= 15 is 0 Å². The molecule has 1 saturated heterocycles.